The van der Waals surface area contributed by atoms with Gasteiger partial charge in [0.25, 0.3) is 0 Å². The second-order valence-electron chi connectivity index (χ2n) is 6.11. The fourth-order valence-electron chi connectivity index (χ4n) is 3.31. The van der Waals surface area contributed by atoms with Crippen LogP contribution >= 0.6 is 15.9 Å². The SMILES string of the molecule is OCCN(Cc1ccccc1)CC1(CBr)CCCCC1. The molecule has 1 aromatic rings. The van der Waals surface area contributed by atoms with Crippen LogP contribution in [-0.2, 0) is 6.54 Å². The van der Waals surface area contributed by atoms with Crippen molar-refractivity contribution in [1.29, 1.82) is 0 Å². The minimum absolute atomic E-state index is 0.241. The number of halogens is 1. The van der Waals surface area contributed by atoms with Gasteiger partial charge in [0.2, 0.25) is 0 Å². The lowest BCUT2D eigenvalue weighted by atomic mass is 9.75. The molecule has 2 nitrogen and oxygen atoms in total. The standard InChI is InChI=1S/C17H26BrNO/c18-14-17(9-5-2-6-10-17)15-19(11-12-20)13-16-7-3-1-4-8-16/h1,3-4,7-8,20H,2,5-6,9-15H2. The number of aliphatic hydroxyl groups excluding tert-OH is 1. The lowest BCUT2D eigenvalue weighted by Gasteiger charge is -2.40. The van der Waals surface area contributed by atoms with Crippen LogP contribution in [0.4, 0.5) is 0 Å². The topological polar surface area (TPSA) is 23.5 Å². The van der Waals surface area contributed by atoms with Crippen molar-refractivity contribution in [1.82, 2.24) is 4.90 Å². The Balaban J connectivity index is 2.00. The molecule has 0 bridgehead atoms. The van der Waals surface area contributed by atoms with Gasteiger partial charge in [-0.05, 0) is 23.8 Å². The summed E-state index contributed by atoms with van der Waals surface area (Å²) in [5, 5.41) is 10.4. The van der Waals surface area contributed by atoms with Crippen molar-refractivity contribution in [2.45, 2.75) is 38.6 Å². The Kier molecular flexibility index (Phi) is 6.53. The summed E-state index contributed by atoms with van der Waals surface area (Å²) in [5.41, 5.74) is 1.74. The number of benzene rings is 1. The smallest absolute Gasteiger partial charge is 0.0558 e. The highest BCUT2D eigenvalue weighted by molar-refractivity contribution is 9.09. The van der Waals surface area contributed by atoms with Gasteiger partial charge in [-0.15, -0.1) is 0 Å². The number of hydrogen-bond donors (Lipinski definition) is 1. The summed E-state index contributed by atoms with van der Waals surface area (Å²) < 4.78 is 0. The highest BCUT2D eigenvalue weighted by atomic mass is 79.9. The van der Waals surface area contributed by atoms with E-state index >= 15 is 0 Å². The fraction of sp³-hybridized carbons (Fsp3) is 0.647. The van der Waals surface area contributed by atoms with Gasteiger partial charge in [0, 0.05) is 25.0 Å². The molecule has 1 aromatic carbocycles. The molecule has 0 unspecified atom stereocenters. The van der Waals surface area contributed by atoms with Crippen LogP contribution in [0.2, 0.25) is 0 Å². The first-order chi connectivity index (χ1) is 9.78. The first-order valence-electron chi connectivity index (χ1n) is 7.71. The van der Waals surface area contributed by atoms with Gasteiger partial charge in [-0.25, -0.2) is 0 Å². The van der Waals surface area contributed by atoms with Crippen LogP contribution < -0.4 is 0 Å². The number of hydrogen-bond acceptors (Lipinski definition) is 2. The summed E-state index contributed by atoms with van der Waals surface area (Å²) >= 11 is 3.74. The summed E-state index contributed by atoms with van der Waals surface area (Å²) in [6.07, 6.45) is 6.71. The second-order valence-corrected chi connectivity index (χ2v) is 6.67. The zero-order chi connectivity index (χ0) is 14.3. The molecule has 20 heavy (non-hydrogen) atoms. The molecule has 2 rings (SSSR count). The molecule has 0 heterocycles. The first kappa shape index (κ1) is 16.0. The minimum atomic E-state index is 0.241. The predicted molar refractivity (Wildman–Crippen MR) is 88.1 cm³/mol. The lowest BCUT2D eigenvalue weighted by molar-refractivity contribution is 0.103. The molecule has 1 saturated carbocycles. The van der Waals surface area contributed by atoms with Crippen molar-refractivity contribution in [3.05, 3.63) is 35.9 Å². The van der Waals surface area contributed by atoms with Crippen molar-refractivity contribution in [2.75, 3.05) is 25.0 Å². The third kappa shape index (κ3) is 4.57. The van der Waals surface area contributed by atoms with E-state index in [9.17, 15) is 5.11 Å². The van der Waals surface area contributed by atoms with Crippen molar-refractivity contribution in [2.24, 2.45) is 5.41 Å². The minimum Gasteiger partial charge on any atom is -0.395 e. The van der Waals surface area contributed by atoms with E-state index in [-0.39, 0.29) is 6.61 Å². The van der Waals surface area contributed by atoms with Crippen molar-refractivity contribution in [3.8, 4) is 0 Å². The Hall–Kier alpha value is -0.380. The van der Waals surface area contributed by atoms with Crippen LogP contribution in [0.1, 0.15) is 37.7 Å². The van der Waals surface area contributed by atoms with Crippen molar-refractivity contribution in [3.63, 3.8) is 0 Å². The van der Waals surface area contributed by atoms with E-state index < -0.39 is 0 Å². The largest absolute Gasteiger partial charge is 0.395 e. The van der Waals surface area contributed by atoms with Crippen LogP contribution in [0.25, 0.3) is 0 Å². The molecule has 0 spiro atoms. The summed E-state index contributed by atoms with van der Waals surface area (Å²) in [6.45, 7) is 3.04. The van der Waals surface area contributed by atoms with E-state index in [4.69, 9.17) is 0 Å². The normalized spacial score (nSPS) is 18.4. The monoisotopic (exact) mass is 339 g/mol. The fourth-order valence-corrected chi connectivity index (χ4v) is 4.05. The van der Waals surface area contributed by atoms with E-state index in [1.165, 1.54) is 37.7 Å². The van der Waals surface area contributed by atoms with Gasteiger partial charge in [-0.2, -0.15) is 0 Å². The first-order valence-corrected chi connectivity index (χ1v) is 8.83. The third-order valence-corrected chi connectivity index (χ3v) is 5.61. The molecule has 0 saturated heterocycles. The molecule has 1 N–H and O–H groups in total. The molecule has 0 radical (unpaired) electrons. The summed E-state index contributed by atoms with van der Waals surface area (Å²) in [6, 6.07) is 10.6. The van der Waals surface area contributed by atoms with Gasteiger partial charge in [0.1, 0.15) is 0 Å². The van der Waals surface area contributed by atoms with Crippen LogP contribution in [0, 0.1) is 5.41 Å². The lowest BCUT2D eigenvalue weighted by Crippen LogP contribution is -2.41. The van der Waals surface area contributed by atoms with Gasteiger partial charge in [-0.3, -0.25) is 4.90 Å². The molecule has 1 aliphatic rings. The molecule has 1 aliphatic carbocycles. The molecular formula is C17H26BrNO. The van der Waals surface area contributed by atoms with Crippen molar-refractivity contribution < 1.29 is 5.11 Å². The van der Waals surface area contributed by atoms with Crippen LogP contribution in [0.15, 0.2) is 30.3 Å². The molecule has 1 fully saturated rings. The Morgan fingerprint density at radius 2 is 1.80 bits per heavy atom. The van der Waals surface area contributed by atoms with E-state index in [1.54, 1.807) is 0 Å². The highest BCUT2D eigenvalue weighted by Crippen LogP contribution is 2.38. The Bertz CT molecular complexity index is 376. The second kappa shape index (κ2) is 8.16. The molecule has 3 heteroatoms. The Morgan fingerprint density at radius 1 is 1.10 bits per heavy atom. The third-order valence-electron chi connectivity index (χ3n) is 4.42. The Labute approximate surface area is 131 Å². The average molecular weight is 340 g/mol. The zero-order valence-corrected chi connectivity index (χ0v) is 13.8. The maximum Gasteiger partial charge on any atom is 0.0558 e. The highest BCUT2D eigenvalue weighted by Gasteiger charge is 2.32. The molecule has 0 aromatic heterocycles. The molecule has 0 amide bonds. The van der Waals surface area contributed by atoms with Gasteiger partial charge >= 0.3 is 0 Å². The van der Waals surface area contributed by atoms with Crippen LogP contribution in [0.3, 0.4) is 0 Å². The van der Waals surface area contributed by atoms with Gasteiger partial charge < -0.3 is 5.11 Å². The van der Waals surface area contributed by atoms with E-state index in [2.05, 4.69) is 51.2 Å². The van der Waals surface area contributed by atoms with Crippen LogP contribution in [-0.4, -0.2) is 35.0 Å². The quantitative estimate of drug-likeness (QED) is 0.763. The van der Waals surface area contributed by atoms with E-state index in [0.717, 1.165) is 25.0 Å². The number of alkyl halides is 1. The average Bonchev–Trinajstić information content (AvgIpc) is 2.49. The van der Waals surface area contributed by atoms with E-state index in [1.807, 2.05) is 0 Å². The zero-order valence-electron chi connectivity index (χ0n) is 12.2. The maximum atomic E-state index is 9.35. The Morgan fingerprint density at radius 3 is 2.40 bits per heavy atom. The number of aliphatic hydroxyl groups is 1. The van der Waals surface area contributed by atoms with Crippen LogP contribution in [0.5, 0.6) is 0 Å². The van der Waals surface area contributed by atoms with Crippen molar-refractivity contribution >= 4 is 15.9 Å². The number of nitrogens with zero attached hydrogens (tertiary/aromatic N) is 1. The molecular weight excluding hydrogens is 314 g/mol. The van der Waals surface area contributed by atoms with Gasteiger partial charge in [0.15, 0.2) is 0 Å². The van der Waals surface area contributed by atoms with E-state index in [0.29, 0.717) is 5.41 Å². The summed E-state index contributed by atoms with van der Waals surface area (Å²) in [7, 11) is 0. The molecule has 0 atom stereocenters. The summed E-state index contributed by atoms with van der Waals surface area (Å²) in [5.74, 6) is 0. The number of rotatable bonds is 7. The predicted octanol–water partition coefficient (Wildman–Crippen LogP) is 3.83. The summed E-state index contributed by atoms with van der Waals surface area (Å²) in [4.78, 5) is 2.42. The van der Waals surface area contributed by atoms with Gasteiger partial charge in [-0.1, -0.05) is 65.5 Å². The van der Waals surface area contributed by atoms with Gasteiger partial charge in [0.05, 0.1) is 6.61 Å². The maximum absolute atomic E-state index is 9.35. The molecule has 112 valence electrons. The molecule has 0 aliphatic heterocycles.